The van der Waals surface area contributed by atoms with E-state index in [0.717, 1.165) is 5.69 Å². The standard InChI is InChI=1S/C13H16FN3/c1-8-11(9-6-4-5-7-10(9)14)17-12(16-8)13(2,3)15/h4-7H,15H2,1-3H3,(H,16,17). The van der Waals surface area contributed by atoms with Gasteiger partial charge in [0.1, 0.15) is 11.6 Å². The van der Waals surface area contributed by atoms with Crippen LogP contribution >= 0.6 is 0 Å². The summed E-state index contributed by atoms with van der Waals surface area (Å²) in [6.07, 6.45) is 0. The van der Waals surface area contributed by atoms with Crippen LogP contribution in [0.5, 0.6) is 0 Å². The Morgan fingerprint density at radius 2 is 1.94 bits per heavy atom. The molecule has 2 rings (SSSR count). The molecule has 1 heterocycles. The molecule has 0 atom stereocenters. The van der Waals surface area contributed by atoms with E-state index in [-0.39, 0.29) is 5.82 Å². The average molecular weight is 233 g/mol. The summed E-state index contributed by atoms with van der Waals surface area (Å²) in [4.78, 5) is 7.50. The van der Waals surface area contributed by atoms with Gasteiger partial charge in [-0.15, -0.1) is 0 Å². The van der Waals surface area contributed by atoms with E-state index in [0.29, 0.717) is 17.1 Å². The van der Waals surface area contributed by atoms with Crippen LogP contribution in [0.1, 0.15) is 25.4 Å². The minimum absolute atomic E-state index is 0.275. The van der Waals surface area contributed by atoms with Gasteiger partial charge in [-0.2, -0.15) is 0 Å². The van der Waals surface area contributed by atoms with Gasteiger partial charge in [-0.25, -0.2) is 9.37 Å². The highest BCUT2D eigenvalue weighted by Crippen LogP contribution is 2.26. The van der Waals surface area contributed by atoms with E-state index in [9.17, 15) is 4.39 Å². The number of halogens is 1. The fourth-order valence-corrected chi connectivity index (χ4v) is 1.68. The number of hydrogen-bond donors (Lipinski definition) is 2. The van der Waals surface area contributed by atoms with Crippen molar-refractivity contribution in [2.75, 3.05) is 0 Å². The minimum Gasteiger partial charge on any atom is -0.344 e. The molecular weight excluding hydrogens is 217 g/mol. The molecule has 2 aromatic rings. The smallest absolute Gasteiger partial charge is 0.132 e. The number of nitrogens with one attached hydrogen (secondary N) is 1. The number of aromatic amines is 1. The molecule has 0 amide bonds. The summed E-state index contributed by atoms with van der Waals surface area (Å²) in [5.74, 6) is 0.386. The first-order valence-electron chi connectivity index (χ1n) is 5.50. The molecule has 3 N–H and O–H groups in total. The SMILES string of the molecule is Cc1[nH]c(C(C)(C)N)nc1-c1ccccc1F. The maximum Gasteiger partial charge on any atom is 0.132 e. The third-order valence-electron chi connectivity index (χ3n) is 2.62. The Balaban J connectivity index is 2.55. The summed E-state index contributed by atoms with van der Waals surface area (Å²) in [7, 11) is 0. The number of aryl methyl sites for hydroxylation is 1. The van der Waals surface area contributed by atoms with Crippen LogP contribution in [0.2, 0.25) is 0 Å². The van der Waals surface area contributed by atoms with E-state index in [1.807, 2.05) is 20.8 Å². The second kappa shape index (κ2) is 3.96. The second-order valence-corrected chi connectivity index (χ2v) is 4.76. The van der Waals surface area contributed by atoms with E-state index in [1.165, 1.54) is 6.07 Å². The van der Waals surface area contributed by atoms with Crippen molar-refractivity contribution >= 4 is 0 Å². The van der Waals surface area contributed by atoms with E-state index in [4.69, 9.17) is 5.73 Å². The molecular formula is C13H16FN3. The van der Waals surface area contributed by atoms with Gasteiger partial charge in [-0.1, -0.05) is 12.1 Å². The quantitative estimate of drug-likeness (QED) is 0.838. The zero-order valence-corrected chi connectivity index (χ0v) is 10.2. The first-order valence-corrected chi connectivity index (χ1v) is 5.50. The molecule has 0 radical (unpaired) electrons. The summed E-state index contributed by atoms with van der Waals surface area (Å²) in [6.45, 7) is 5.58. The van der Waals surface area contributed by atoms with Crippen molar-refractivity contribution in [2.45, 2.75) is 26.3 Å². The zero-order chi connectivity index (χ0) is 12.6. The Hall–Kier alpha value is -1.68. The van der Waals surface area contributed by atoms with Gasteiger partial charge in [0, 0.05) is 11.3 Å². The maximum atomic E-state index is 13.7. The van der Waals surface area contributed by atoms with Gasteiger partial charge in [0.25, 0.3) is 0 Å². The molecule has 0 saturated carbocycles. The Morgan fingerprint density at radius 3 is 2.47 bits per heavy atom. The number of benzene rings is 1. The summed E-state index contributed by atoms with van der Waals surface area (Å²) in [5.41, 5.74) is 7.35. The summed E-state index contributed by atoms with van der Waals surface area (Å²) in [6, 6.07) is 6.59. The monoisotopic (exact) mass is 233 g/mol. The zero-order valence-electron chi connectivity index (χ0n) is 10.2. The molecule has 0 saturated heterocycles. The van der Waals surface area contributed by atoms with Gasteiger partial charge in [-0.05, 0) is 32.9 Å². The van der Waals surface area contributed by atoms with E-state index in [1.54, 1.807) is 18.2 Å². The van der Waals surface area contributed by atoms with Crippen LogP contribution in [0.15, 0.2) is 24.3 Å². The van der Waals surface area contributed by atoms with Crippen LogP contribution in [0.3, 0.4) is 0 Å². The Bertz CT molecular complexity index is 538. The van der Waals surface area contributed by atoms with Crippen LogP contribution in [0.4, 0.5) is 4.39 Å². The molecule has 4 heteroatoms. The maximum absolute atomic E-state index is 13.7. The number of nitrogens with zero attached hydrogens (tertiary/aromatic N) is 1. The average Bonchev–Trinajstić information content (AvgIpc) is 2.61. The van der Waals surface area contributed by atoms with Crippen LogP contribution < -0.4 is 5.73 Å². The predicted molar refractivity (Wildman–Crippen MR) is 65.9 cm³/mol. The highest BCUT2D eigenvalue weighted by molar-refractivity contribution is 5.62. The normalized spacial score (nSPS) is 11.8. The minimum atomic E-state index is -0.561. The lowest BCUT2D eigenvalue weighted by Crippen LogP contribution is -2.30. The van der Waals surface area contributed by atoms with Crippen molar-refractivity contribution in [3.05, 3.63) is 41.6 Å². The third-order valence-corrected chi connectivity index (χ3v) is 2.62. The van der Waals surface area contributed by atoms with Crippen molar-refractivity contribution in [3.63, 3.8) is 0 Å². The number of rotatable bonds is 2. The van der Waals surface area contributed by atoms with E-state index < -0.39 is 5.54 Å². The molecule has 0 bridgehead atoms. The first kappa shape index (κ1) is 11.8. The van der Waals surface area contributed by atoms with Gasteiger partial charge in [0.15, 0.2) is 0 Å². The number of aromatic nitrogens is 2. The lowest BCUT2D eigenvalue weighted by molar-refractivity contribution is 0.519. The third kappa shape index (κ3) is 2.22. The van der Waals surface area contributed by atoms with Crippen LogP contribution in [-0.2, 0) is 5.54 Å². The fourth-order valence-electron chi connectivity index (χ4n) is 1.68. The van der Waals surface area contributed by atoms with Crippen LogP contribution in [0, 0.1) is 12.7 Å². The van der Waals surface area contributed by atoms with Gasteiger partial charge in [0.05, 0.1) is 11.2 Å². The molecule has 0 unspecified atom stereocenters. The molecule has 17 heavy (non-hydrogen) atoms. The van der Waals surface area contributed by atoms with Crippen LogP contribution in [0.25, 0.3) is 11.3 Å². The molecule has 1 aromatic heterocycles. The molecule has 0 aliphatic carbocycles. The van der Waals surface area contributed by atoms with Crippen molar-refractivity contribution in [3.8, 4) is 11.3 Å². The molecule has 0 fully saturated rings. The van der Waals surface area contributed by atoms with Crippen molar-refractivity contribution in [1.29, 1.82) is 0 Å². The number of H-pyrrole nitrogens is 1. The Labute approximate surface area is 99.9 Å². The molecule has 1 aromatic carbocycles. The highest BCUT2D eigenvalue weighted by atomic mass is 19.1. The Kier molecular flexibility index (Phi) is 2.75. The van der Waals surface area contributed by atoms with Gasteiger partial charge < -0.3 is 10.7 Å². The first-order chi connectivity index (χ1) is 7.89. The number of hydrogen-bond acceptors (Lipinski definition) is 2. The molecule has 90 valence electrons. The fraction of sp³-hybridized carbons (Fsp3) is 0.308. The van der Waals surface area contributed by atoms with Crippen molar-refractivity contribution < 1.29 is 4.39 Å². The highest BCUT2D eigenvalue weighted by Gasteiger charge is 2.21. The van der Waals surface area contributed by atoms with Crippen molar-refractivity contribution in [2.24, 2.45) is 5.73 Å². The lowest BCUT2D eigenvalue weighted by atomic mass is 10.1. The largest absolute Gasteiger partial charge is 0.344 e. The summed E-state index contributed by atoms with van der Waals surface area (Å²) < 4.78 is 13.7. The topological polar surface area (TPSA) is 54.7 Å². The van der Waals surface area contributed by atoms with E-state index in [2.05, 4.69) is 9.97 Å². The van der Waals surface area contributed by atoms with E-state index >= 15 is 0 Å². The van der Waals surface area contributed by atoms with Crippen molar-refractivity contribution in [1.82, 2.24) is 9.97 Å². The molecule has 0 spiro atoms. The summed E-state index contributed by atoms with van der Waals surface area (Å²) in [5, 5.41) is 0. The number of imidazole rings is 1. The van der Waals surface area contributed by atoms with Gasteiger partial charge in [0.2, 0.25) is 0 Å². The van der Waals surface area contributed by atoms with Gasteiger partial charge in [-0.3, -0.25) is 0 Å². The van der Waals surface area contributed by atoms with Gasteiger partial charge >= 0.3 is 0 Å². The van der Waals surface area contributed by atoms with Crippen LogP contribution in [-0.4, -0.2) is 9.97 Å². The predicted octanol–water partition coefficient (Wildman–Crippen LogP) is 2.72. The number of nitrogens with two attached hydrogens (primary N) is 1. The lowest BCUT2D eigenvalue weighted by Gasteiger charge is -2.14. The Morgan fingerprint density at radius 1 is 1.29 bits per heavy atom. The summed E-state index contributed by atoms with van der Waals surface area (Å²) >= 11 is 0. The molecule has 3 nitrogen and oxygen atoms in total. The molecule has 0 aliphatic rings. The second-order valence-electron chi connectivity index (χ2n) is 4.76. The molecule has 0 aliphatic heterocycles.